The Kier molecular flexibility index (Phi) is 7.58. The van der Waals surface area contributed by atoms with Gasteiger partial charge in [0.05, 0.1) is 0 Å². The fourth-order valence-electron chi connectivity index (χ4n) is 5.19. The summed E-state index contributed by atoms with van der Waals surface area (Å²) in [5.74, 6) is 0.284. The van der Waals surface area contributed by atoms with Crippen molar-refractivity contribution in [2.24, 2.45) is 0 Å². The summed E-state index contributed by atoms with van der Waals surface area (Å²) in [6.07, 6.45) is 6.06. The van der Waals surface area contributed by atoms with Gasteiger partial charge in [-0.2, -0.15) is 0 Å². The number of rotatable bonds is 8. The highest BCUT2D eigenvalue weighted by atomic mass is 16.6. The Bertz CT molecular complexity index is 1080. The molecule has 0 atom stereocenters. The molecule has 0 saturated heterocycles. The molecule has 35 heavy (non-hydrogen) atoms. The van der Waals surface area contributed by atoms with Crippen LogP contribution in [0.1, 0.15) is 56.6 Å². The highest BCUT2D eigenvalue weighted by Crippen LogP contribution is 2.44. The number of hydrogen-bond acceptors (Lipinski definition) is 4. The minimum absolute atomic E-state index is 0.141. The number of esters is 1. The van der Waals surface area contributed by atoms with Crippen molar-refractivity contribution >= 4 is 23.0 Å². The first-order valence-electron chi connectivity index (χ1n) is 12.6. The Hall–Kier alpha value is -3.15. The summed E-state index contributed by atoms with van der Waals surface area (Å²) in [6, 6.07) is 22.4. The number of para-hydroxylation sites is 2. The van der Waals surface area contributed by atoms with Crippen LogP contribution in [-0.4, -0.2) is 18.2 Å². The molecule has 3 aromatic carbocycles. The normalized spacial score (nSPS) is 15.4. The van der Waals surface area contributed by atoms with E-state index in [-0.39, 0.29) is 18.2 Å². The number of ether oxygens (including phenoxy) is 2. The molecular weight excluding hydrogens is 438 g/mol. The molecule has 1 fully saturated rings. The predicted molar refractivity (Wildman–Crippen MR) is 141 cm³/mol. The Morgan fingerprint density at radius 1 is 0.857 bits per heavy atom. The van der Waals surface area contributed by atoms with Crippen LogP contribution in [-0.2, 0) is 9.53 Å². The monoisotopic (exact) mass is 473 g/mol. The van der Waals surface area contributed by atoms with Gasteiger partial charge in [0.15, 0.2) is 6.61 Å². The molecule has 0 heterocycles. The van der Waals surface area contributed by atoms with Gasteiger partial charge in [0, 0.05) is 36.4 Å². The maximum atomic E-state index is 14.5. The fraction of sp³-hybridized carbons (Fsp3) is 0.367. The summed E-state index contributed by atoms with van der Waals surface area (Å²) in [7, 11) is 0. The third kappa shape index (κ3) is 5.26. The van der Waals surface area contributed by atoms with Gasteiger partial charge in [-0.3, -0.25) is 4.65 Å². The maximum Gasteiger partial charge on any atom is 0.344 e. The molecule has 3 aromatic rings. The molecule has 0 N–H and O–H groups in total. The van der Waals surface area contributed by atoms with E-state index in [0.29, 0.717) is 22.8 Å². The average molecular weight is 474 g/mol. The SMILES string of the molecule is CCC1(OC(=O)COc2c(C)cc([N+]([O-])(c3ccccc3)c3ccccc3)cc2C)CCCCC1. The Morgan fingerprint density at radius 2 is 1.37 bits per heavy atom. The average Bonchev–Trinajstić information content (AvgIpc) is 2.89. The second-order valence-electron chi connectivity index (χ2n) is 9.55. The third-order valence-corrected chi connectivity index (χ3v) is 7.12. The van der Waals surface area contributed by atoms with E-state index >= 15 is 0 Å². The lowest BCUT2D eigenvalue weighted by molar-refractivity contribution is -0.166. The van der Waals surface area contributed by atoms with Gasteiger partial charge in [0.1, 0.15) is 28.4 Å². The van der Waals surface area contributed by atoms with Crippen molar-refractivity contribution in [2.75, 3.05) is 6.61 Å². The van der Waals surface area contributed by atoms with Crippen LogP contribution < -0.4 is 9.38 Å². The molecule has 0 radical (unpaired) electrons. The van der Waals surface area contributed by atoms with E-state index in [2.05, 4.69) is 6.92 Å². The molecule has 1 aliphatic carbocycles. The first-order chi connectivity index (χ1) is 16.9. The van der Waals surface area contributed by atoms with Gasteiger partial charge in [-0.15, -0.1) is 0 Å². The van der Waals surface area contributed by atoms with Crippen molar-refractivity contribution in [3.8, 4) is 5.75 Å². The second-order valence-corrected chi connectivity index (χ2v) is 9.55. The van der Waals surface area contributed by atoms with E-state index in [4.69, 9.17) is 9.47 Å². The van der Waals surface area contributed by atoms with E-state index in [1.54, 1.807) is 0 Å². The van der Waals surface area contributed by atoms with Crippen molar-refractivity contribution in [2.45, 2.75) is 64.9 Å². The van der Waals surface area contributed by atoms with Crippen LogP contribution in [0.3, 0.4) is 0 Å². The molecular formula is C30H35NO4. The quantitative estimate of drug-likeness (QED) is 0.190. The van der Waals surface area contributed by atoms with Gasteiger partial charge in [0.25, 0.3) is 0 Å². The third-order valence-electron chi connectivity index (χ3n) is 7.12. The number of aryl methyl sites for hydroxylation is 2. The van der Waals surface area contributed by atoms with Crippen LogP contribution in [0.2, 0.25) is 0 Å². The molecule has 5 heteroatoms. The molecule has 0 aliphatic heterocycles. The topological polar surface area (TPSA) is 58.6 Å². The Morgan fingerprint density at radius 3 is 1.86 bits per heavy atom. The molecule has 0 aromatic heterocycles. The maximum absolute atomic E-state index is 14.5. The van der Waals surface area contributed by atoms with Crippen LogP contribution in [0, 0.1) is 19.1 Å². The highest BCUT2D eigenvalue weighted by Gasteiger charge is 2.34. The number of hydrogen-bond donors (Lipinski definition) is 0. The van der Waals surface area contributed by atoms with Crippen LogP contribution in [0.4, 0.5) is 17.1 Å². The zero-order chi connectivity index (χ0) is 24.9. The van der Waals surface area contributed by atoms with Crippen molar-refractivity contribution in [1.82, 2.24) is 4.65 Å². The van der Waals surface area contributed by atoms with Crippen LogP contribution in [0.25, 0.3) is 0 Å². The lowest BCUT2D eigenvalue weighted by atomic mass is 9.83. The lowest BCUT2D eigenvalue weighted by Gasteiger charge is -2.41. The van der Waals surface area contributed by atoms with Crippen molar-refractivity contribution in [3.05, 3.63) is 89.1 Å². The smallest absolute Gasteiger partial charge is 0.344 e. The number of carbonyl (C=O) groups is 1. The summed E-state index contributed by atoms with van der Waals surface area (Å²) in [6.45, 7) is 5.76. The van der Waals surface area contributed by atoms with Gasteiger partial charge in [-0.05, 0) is 57.1 Å². The number of quaternary nitrogens is 1. The first-order valence-corrected chi connectivity index (χ1v) is 12.6. The van der Waals surface area contributed by atoms with Gasteiger partial charge in [-0.1, -0.05) is 49.7 Å². The Balaban J connectivity index is 1.58. The predicted octanol–water partition coefficient (Wildman–Crippen LogP) is 7.81. The minimum atomic E-state index is -0.718. The molecule has 0 spiro atoms. The van der Waals surface area contributed by atoms with E-state index in [1.165, 1.54) is 6.42 Å². The summed E-state index contributed by atoms with van der Waals surface area (Å²) < 4.78 is 11.1. The van der Waals surface area contributed by atoms with E-state index in [1.807, 2.05) is 86.6 Å². The molecule has 0 bridgehead atoms. The highest BCUT2D eigenvalue weighted by molar-refractivity contribution is 5.74. The van der Waals surface area contributed by atoms with Gasteiger partial charge in [0.2, 0.25) is 0 Å². The molecule has 184 valence electrons. The van der Waals surface area contributed by atoms with Gasteiger partial charge in [-0.25, -0.2) is 4.79 Å². The lowest BCUT2D eigenvalue weighted by Crippen LogP contribution is -2.38. The standard InChI is InChI=1S/C30H35NO4/c1-4-30(18-12-7-13-19-30)35-28(32)22-34-29-23(2)20-27(21-24(29)3)31(33,25-14-8-5-9-15-25)26-16-10-6-11-17-26/h5-6,8-11,14-17,20-21H,4,7,12-13,18-19,22H2,1-3H3. The number of nitrogens with zero attached hydrogens (tertiary/aromatic N) is 1. The van der Waals surface area contributed by atoms with E-state index in [0.717, 1.165) is 43.2 Å². The molecule has 1 saturated carbocycles. The molecule has 1 aliphatic rings. The molecule has 0 amide bonds. The van der Waals surface area contributed by atoms with Gasteiger partial charge < -0.3 is 14.7 Å². The first kappa shape index (κ1) is 25.0. The van der Waals surface area contributed by atoms with E-state index < -0.39 is 4.65 Å². The second kappa shape index (κ2) is 10.6. The van der Waals surface area contributed by atoms with Crippen molar-refractivity contribution in [3.63, 3.8) is 0 Å². The fourth-order valence-corrected chi connectivity index (χ4v) is 5.19. The van der Waals surface area contributed by atoms with Crippen molar-refractivity contribution in [1.29, 1.82) is 0 Å². The van der Waals surface area contributed by atoms with Crippen LogP contribution in [0.15, 0.2) is 72.8 Å². The summed E-state index contributed by atoms with van der Waals surface area (Å²) in [5, 5.41) is 14.5. The zero-order valence-corrected chi connectivity index (χ0v) is 21.0. The van der Waals surface area contributed by atoms with Gasteiger partial charge >= 0.3 is 5.97 Å². The van der Waals surface area contributed by atoms with Crippen LogP contribution in [0.5, 0.6) is 5.75 Å². The summed E-state index contributed by atoms with van der Waals surface area (Å²) in [5.41, 5.74) is 3.08. The van der Waals surface area contributed by atoms with E-state index in [9.17, 15) is 10.0 Å². The van der Waals surface area contributed by atoms with Crippen LogP contribution >= 0.6 is 0 Å². The summed E-state index contributed by atoms with van der Waals surface area (Å²) >= 11 is 0. The number of carbonyl (C=O) groups excluding carboxylic acids is 1. The number of benzene rings is 3. The molecule has 0 unspecified atom stereocenters. The zero-order valence-electron chi connectivity index (χ0n) is 21.0. The largest absolute Gasteiger partial charge is 0.616 e. The summed E-state index contributed by atoms with van der Waals surface area (Å²) in [4.78, 5) is 12.7. The van der Waals surface area contributed by atoms with Crippen molar-refractivity contribution < 1.29 is 14.3 Å². The molecule has 4 rings (SSSR count). The minimum Gasteiger partial charge on any atom is -0.616 e. The Labute approximate surface area is 208 Å². The molecule has 5 nitrogen and oxygen atoms in total.